The average Bonchev–Trinajstić information content (AvgIpc) is 2.83. The SMILES string of the molecule is C1=C2CC2C2CCCCC2C1. The van der Waals surface area contributed by atoms with Gasteiger partial charge in [-0.15, -0.1) is 0 Å². The van der Waals surface area contributed by atoms with E-state index in [9.17, 15) is 0 Å². The average molecular weight is 148 g/mol. The van der Waals surface area contributed by atoms with Gasteiger partial charge in [0.2, 0.25) is 0 Å². The predicted molar refractivity (Wildman–Crippen MR) is 46.3 cm³/mol. The first kappa shape index (κ1) is 6.28. The molecule has 0 spiro atoms. The first-order chi connectivity index (χ1) is 5.45. The summed E-state index contributed by atoms with van der Waals surface area (Å²) in [4.78, 5) is 0. The van der Waals surface area contributed by atoms with E-state index in [2.05, 4.69) is 6.08 Å². The lowest BCUT2D eigenvalue weighted by molar-refractivity contribution is 0.210. The van der Waals surface area contributed by atoms with Gasteiger partial charge in [-0.2, -0.15) is 0 Å². The highest BCUT2D eigenvalue weighted by molar-refractivity contribution is 5.28. The van der Waals surface area contributed by atoms with E-state index < -0.39 is 0 Å². The molecule has 0 bridgehead atoms. The summed E-state index contributed by atoms with van der Waals surface area (Å²) in [7, 11) is 0. The highest BCUT2D eigenvalue weighted by Gasteiger charge is 2.44. The van der Waals surface area contributed by atoms with Gasteiger partial charge in [-0.1, -0.05) is 24.5 Å². The highest BCUT2D eigenvalue weighted by atomic mass is 14.5. The van der Waals surface area contributed by atoms with E-state index in [1.54, 1.807) is 6.42 Å². The summed E-state index contributed by atoms with van der Waals surface area (Å²) in [6.07, 6.45) is 11.6. The maximum atomic E-state index is 2.54. The van der Waals surface area contributed by atoms with Crippen LogP contribution in [0, 0.1) is 17.8 Å². The molecule has 3 unspecified atom stereocenters. The van der Waals surface area contributed by atoms with Gasteiger partial charge < -0.3 is 0 Å². The van der Waals surface area contributed by atoms with E-state index >= 15 is 0 Å². The number of allylic oxidation sites excluding steroid dienone is 2. The van der Waals surface area contributed by atoms with E-state index in [1.165, 1.54) is 32.1 Å². The molecule has 3 atom stereocenters. The van der Waals surface area contributed by atoms with Crippen LogP contribution in [0.25, 0.3) is 0 Å². The Kier molecular flexibility index (Phi) is 1.21. The predicted octanol–water partition coefficient (Wildman–Crippen LogP) is 3.14. The Labute approximate surface area is 68.7 Å². The largest absolute Gasteiger partial charge is 0.0847 e. The second-order valence-electron chi connectivity index (χ2n) is 4.53. The Morgan fingerprint density at radius 3 is 3.09 bits per heavy atom. The molecule has 0 heteroatoms. The molecular formula is C11H16. The topological polar surface area (TPSA) is 0 Å². The minimum atomic E-state index is 1.08. The van der Waals surface area contributed by atoms with Crippen LogP contribution in [-0.4, -0.2) is 0 Å². The molecule has 11 heavy (non-hydrogen) atoms. The molecule has 60 valence electrons. The van der Waals surface area contributed by atoms with Crippen molar-refractivity contribution in [2.24, 2.45) is 17.8 Å². The summed E-state index contributed by atoms with van der Waals surface area (Å²) in [6.45, 7) is 0. The molecular weight excluding hydrogens is 132 g/mol. The fraction of sp³-hybridized carbons (Fsp3) is 0.818. The van der Waals surface area contributed by atoms with Gasteiger partial charge in [0.1, 0.15) is 0 Å². The Morgan fingerprint density at radius 1 is 1.18 bits per heavy atom. The molecule has 0 aromatic carbocycles. The van der Waals surface area contributed by atoms with Gasteiger partial charge >= 0.3 is 0 Å². The normalized spacial score (nSPS) is 47.3. The second kappa shape index (κ2) is 2.12. The quantitative estimate of drug-likeness (QED) is 0.463. The van der Waals surface area contributed by atoms with Crippen molar-refractivity contribution < 1.29 is 0 Å². The zero-order chi connectivity index (χ0) is 7.26. The van der Waals surface area contributed by atoms with E-state index in [0.29, 0.717) is 0 Å². The van der Waals surface area contributed by atoms with E-state index in [0.717, 1.165) is 17.8 Å². The van der Waals surface area contributed by atoms with Crippen molar-refractivity contribution in [3.05, 3.63) is 11.6 Å². The van der Waals surface area contributed by atoms with Crippen LogP contribution in [0.1, 0.15) is 38.5 Å². The van der Waals surface area contributed by atoms with Crippen molar-refractivity contribution in [3.63, 3.8) is 0 Å². The van der Waals surface area contributed by atoms with Crippen molar-refractivity contribution in [3.8, 4) is 0 Å². The molecule has 3 aliphatic carbocycles. The summed E-state index contributed by atoms with van der Waals surface area (Å²) in [5, 5.41) is 0. The third-order valence-corrected chi connectivity index (χ3v) is 3.94. The molecule has 0 radical (unpaired) electrons. The summed E-state index contributed by atoms with van der Waals surface area (Å²) < 4.78 is 0. The standard InChI is InChI=1S/C11H16/c1-2-4-10-8(3-1)5-6-9-7-11(9)10/h6,8,10-11H,1-5,7H2. The van der Waals surface area contributed by atoms with E-state index in [-0.39, 0.29) is 0 Å². The van der Waals surface area contributed by atoms with Gasteiger partial charge in [0.25, 0.3) is 0 Å². The molecule has 0 heterocycles. The minimum absolute atomic E-state index is 1.08. The first-order valence-electron chi connectivity index (χ1n) is 5.14. The molecule has 0 nitrogen and oxygen atoms in total. The van der Waals surface area contributed by atoms with E-state index in [1.807, 2.05) is 5.57 Å². The van der Waals surface area contributed by atoms with Gasteiger partial charge in [0.05, 0.1) is 0 Å². The molecule has 3 rings (SSSR count). The summed E-state index contributed by atoms with van der Waals surface area (Å²) >= 11 is 0. The monoisotopic (exact) mass is 148 g/mol. The molecule has 0 aliphatic heterocycles. The second-order valence-corrected chi connectivity index (χ2v) is 4.53. The third-order valence-electron chi connectivity index (χ3n) is 3.94. The number of hydrogen-bond donors (Lipinski definition) is 0. The molecule has 0 N–H and O–H groups in total. The van der Waals surface area contributed by atoms with Crippen molar-refractivity contribution in [2.75, 3.05) is 0 Å². The van der Waals surface area contributed by atoms with Crippen molar-refractivity contribution in [2.45, 2.75) is 38.5 Å². The fourth-order valence-corrected chi connectivity index (χ4v) is 3.22. The van der Waals surface area contributed by atoms with Crippen LogP contribution in [0.15, 0.2) is 11.6 Å². The number of rotatable bonds is 0. The highest BCUT2D eigenvalue weighted by Crippen LogP contribution is 2.55. The Balaban J connectivity index is 1.84. The lowest BCUT2D eigenvalue weighted by Crippen LogP contribution is -2.22. The van der Waals surface area contributed by atoms with Crippen LogP contribution in [0.3, 0.4) is 0 Å². The summed E-state index contributed by atoms with van der Waals surface area (Å²) in [5.74, 6) is 3.30. The van der Waals surface area contributed by atoms with E-state index in [4.69, 9.17) is 0 Å². The number of hydrogen-bond acceptors (Lipinski definition) is 0. The van der Waals surface area contributed by atoms with Gasteiger partial charge in [0.15, 0.2) is 0 Å². The Hall–Kier alpha value is -0.260. The van der Waals surface area contributed by atoms with Crippen LogP contribution < -0.4 is 0 Å². The summed E-state index contributed by atoms with van der Waals surface area (Å²) in [5.41, 5.74) is 1.81. The molecule has 0 aromatic rings. The minimum Gasteiger partial charge on any atom is -0.0847 e. The molecule has 0 amide bonds. The third kappa shape index (κ3) is 0.881. The first-order valence-corrected chi connectivity index (χ1v) is 5.14. The van der Waals surface area contributed by atoms with Gasteiger partial charge in [-0.3, -0.25) is 0 Å². The fourth-order valence-electron chi connectivity index (χ4n) is 3.22. The van der Waals surface area contributed by atoms with Gasteiger partial charge in [-0.25, -0.2) is 0 Å². The van der Waals surface area contributed by atoms with Gasteiger partial charge in [0, 0.05) is 0 Å². The maximum absolute atomic E-state index is 2.54. The van der Waals surface area contributed by atoms with Crippen LogP contribution in [-0.2, 0) is 0 Å². The Morgan fingerprint density at radius 2 is 2.09 bits per heavy atom. The van der Waals surface area contributed by atoms with Gasteiger partial charge in [-0.05, 0) is 43.4 Å². The van der Waals surface area contributed by atoms with Crippen molar-refractivity contribution in [1.29, 1.82) is 0 Å². The summed E-state index contributed by atoms with van der Waals surface area (Å²) in [6, 6.07) is 0. The van der Waals surface area contributed by atoms with Crippen molar-refractivity contribution >= 4 is 0 Å². The number of fused-ring (bicyclic) bond motifs is 3. The van der Waals surface area contributed by atoms with Crippen LogP contribution in [0.5, 0.6) is 0 Å². The lowest BCUT2D eigenvalue weighted by atomic mass is 9.73. The van der Waals surface area contributed by atoms with Crippen LogP contribution in [0.2, 0.25) is 0 Å². The van der Waals surface area contributed by atoms with Crippen LogP contribution in [0.4, 0.5) is 0 Å². The Bertz CT molecular complexity index is 202. The lowest BCUT2D eigenvalue weighted by Gasteiger charge is -2.32. The van der Waals surface area contributed by atoms with Crippen molar-refractivity contribution in [1.82, 2.24) is 0 Å². The maximum Gasteiger partial charge on any atom is -0.0135 e. The molecule has 0 aromatic heterocycles. The molecule has 3 aliphatic rings. The zero-order valence-corrected chi connectivity index (χ0v) is 7.05. The van der Waals surface area contributed by atoms with Crippen LogP contribution >= 0.6 is 0 Å². The molecule has 0 saturated heterocycles. The smallest absolute Gasteiger partial charge is 0.0135 e. The zero-order valence-electron chi connectivity index (χ0n) is 7.05. The molecule has 2 saturated carbocycles. The molecule has 2 fully saturated rings.